The summed E-state index contributed by atoms with van der Waals surface area (Å²) in [7, 11) is 1.77. The van der Waals surface area contributed by atoms with E-state index in [9.17, 15) is 9.59 Å². The first-order valence-corrected chi connectivity index (χ1v) is 4.62. The van der Waals surface area contributed by atoms with Crippen molar-refractivity contribution in [2.45, 2.75) is 6.42 Å². The van der Waals surface area contributed by atoms with E-state index < -0.39 is 0 Å². The fraction of sp³-hybridized carbons (Fsp3) is 0.182. The number of para-hydroxylation sites is 2. The monoisotopic (exact) mass is 202 g/mol. The molecule has 4 nitrogen and oxygen atoms in total. The summed E-state index contributed by atoms with van der Waals surface area (Å²) >= 11 is 0. The van der Waals surface area contributed by atoms with E-state index in [2.05, 4.69) is 4.98 Å². The maximum atomic E-state index is 11.5. The molecule has 0 atom stereocenters. The number of ketones is 1. The van der Waals surface area contributed by atoms with Crippen molar-refractivity contribution in [1.82, 2.24) is 9.55 Å². The number of aromatic nitrogens is 2. The molecule has 0 aliphatic heterocycles. The molecular weight excluding hydrogens is 192 g/mol. The Morgan fingerprint density at radius 2 is 2.20 bits per heavy atom. The van der Waals surface area contributed by atoms with E-state index in [-0.39, 0.29) is 12.2 Å². The first kappa shape index (κ1) is 9.58. The number of hydrogen-bond acceptors (Lipinski definition) is 3. The molecule has 0 spiro atoms. The van der Waals surface area contributed by atoms with Crippen LogP contribution in [-0.4, -0.2) is 21.6 Å². The van der Waals surface area contributed by atoms with Gasteiger partial charge in [-0.25, -0.2) is 4.98 Å². The first-order chi connectivity index (χ1) is 7.24. The van der Waals surface area contributed by atoms with Crippen LogP contribution in [-0.2, 0) is 11.8 Å². The smallest absolute Gasteiger partial charge is 0.205 e. The van der Waals surface area contributed by atoms with Gasteiger partial charge in [0.25, 0.3) is 0 Å². The Hall–Kier alpha value is -1.97. The summed E-state index contributed by atoms with van der Waals surface area (Å²) in [6, 6.07) is 7.48. The molecule has 0 aliphatic rings. The van der Waals surface area contributed by atoms with Gasteiger partial charge in [0.05, 0.1) is 17.5 Å². The number of aldehydes is 1. The standard InChI is InChI=1S/C11H10N2O2/c1-13-9-5-3-2-4-8(9)12-11(13)10(15)6-7-14/h2-5,7H,6H2,1H3. The van der Waals surface area contributed by atoms with Crippen molar-refractivity contribution in [2.24, 2.45) is 7.05 Å². The van der Waals surface area contributed by atoms with Crippen LogP contribution in [0.25, 0.3) is 11.0 Å². The summed E-state index contributed by atoms with van der Waals surface area (Å²) in [5.41, 5.74) is 1.67. The van der Waals surface area contributed by atoms with Crippen LogP contribution in [0.2, 0.25) is 0 Å². The lowest BCUT2D eigenvalue weighted by atomic mass is 10.3. The van der Waals surface area contributed by atoms with Crippen LogP contribution in [0.1, 0.15) is 17.0 Å². The van der Waals surface area contributed by atoms with Crippen LogP contribution in [0, 0.1) is 0 Å². The number of Topliss-reactive ketones (excluding diaryl/α,β-unsaturated/α-hetero) is 1. The highest BCUT2D eigenvalue weighted by Crippen LogP contribution is 2.14. The van der Waals surface area contributed by atoms with Gasteiger partial charge in [0.15, 0.2) is 5.82 Å². The molecule has 0 fully saturated rings. The second-order valence-electron chi connectivity index (χ2n) is 3.28. The molecule has 0 N–H and O–H groups in total. The van der Waals surface area contributed by atoms with Gasteiger partial charge >= 0.3 is 0 Å². The van der Waals surface area contributed by atoms with Crippen LogP contribution in [0.4, 0.5) is 0 Å². The molecule has 0 aliphatic carbocycles. The normalized spacial score (nSPS) is 10.5. The number of nitrogens with zero attached hydrogens (tertiary/aromatic N) is 2. The van der Waals surface area contributed by atoms with Gasteiger partial charge in [0.1, 0.15) is 6.29 Å². The summed E-state index contributed by atoms with van der Waals surface area (Å²) < 4.78 is 1.71. The largest absolute Gasteiger partial charge is 0.325 e. The van der Waals surface area contributed by atoms with Crippen molar-refractivity contribution in [2.75, 3.05) is 0 Å². The van der Waals surface area contributed by atoms with Crippen molar-refractivity contribution in [1.29, 1.82) is 0 Å². The van der Waals surface area contributed by atoms with Gasteiger partial charge in [-0.1, -0.05) is 12.1 Å². The Labute approximate surface area is 86.5 Å². The van der Waals surface area contributed by atoms with Gasteiger partial charge in [-0.2, -0.15) is 0 Å². The number of rotatable bonds is 3. The topological polar surface area (TPSA) is 52.0 Å². The second kappa shape index (κ2) is 3.65. The molecule has 0 amide bonds. The lowest BCUT2D eigenvalue weighted by Gasteiger charge is -1.97. The lowest BCUT2D eigenvalue weighted by Crippen LogP contribution is -2.07. The molecule has 1 aromatic heterocycles. The predicted octanol–water partition coefficient (Wildman–Crippen LogP) is 1.34. The van der Waals surface area contributed by atoms with Crippen LogP contribution >= 0.6 is 0 Å². The summed E-state index contributed by atoms with van der Waals surface area (Å²) in [5.74, 6) is 0.0898. The number of aryl methyl sites for hydroxylation is 1. The fourth-order valence-electron chi connectivity index (χ4n) is 1.56. The average Bonchev–Trinajstić information content (AvgIpc) is 2.57. The highest BCUT2D eigenvalue weighted by Gasteiger charge is 2.13. The number of imidazole rings is 1. The van der Waals surface area contributed by atoms with Crippen molar-refractivity contribution < 1.29 is 9.59 Å². The van der Waals surface area contributed by atoms with Crippen molar-refractivity contribution in [3.63, 3.8) is 0 Å². The van der Waals surface area contributed by atoms with Gasteiger partial charge in [0, 0.05) is 7.05 Å². The molecule has 15 heavy (non-hydrogen) atoms. The Kier molecular flexibility index (Phi) is 2.33. The highest BCUT2D eigenvalue weighted by atomic mass is 16.1. The molecular formula is C11H10N2O2. The molecule has 0 radical (unpaired) electrons. The summed E-state index contributed by atoms with van der Waals surface area (Å²) in [5, 5.41) is 0. The molecule has 1 aromatic carbocycles. The lowest BCUT2D eigenvalue weighted by molar-refractivity contribution is -0.107. The molecule has 1 heterocycles. The predicted molar refractivity (Wildman–Crippen MR) is 55.7 cm³/mol. The Balaban J connectivity index is 2.57. The SMILES string of the molecule is Cn1c(C(=O)CC=O)nc2ccccc21. The van der Waals surface area contributed by atoms with E-state index in [0.29, 0.717) is 12.1 Å². The number of hydrogen-bond donors (Lipinski definition) is 0. The Bertz CT molecular complexity index is 528. The van der Waals surface area contributed by atoms with E-state index in [1.807, 2.05) is 24.3 Å². The van der Waals surface area contributed by atoms with E-state index in [4.69, 9.17) is 0 Å². The third-order valence-electron chi connectivity index (χ3n) is 2.31. The highest BCUT2D eigenvalue weighted by molar-refractivity contribution is 6.02. The van der Waals surface area contributed by atoms with E-state index in [1.165, 1.54) is 0 Å². The van der Waals surface area contributed by atoms with Gasteiger partial charge in [0.2, 0.25) is 5.78 Å². The quantitative estimate of drug-likeness (QED) is 0.429. The third kappa shape index (κ3) is 1.54. The molecule has 2 aromatic rings. The molecule has 2 rings (SSSR count). The zero-order chi connectivity index (χ0) is 10.8. The molecule has 0 saturated heterocycles. The van der Waals surface area contributed by atoms with Crippen LogP contribution in [0.5, 0.6) is 0 Å². The maximum Gasteiger partial charge on any atom is 0.205 e. The van der Waals surface area contributed by atoms with Gasteiger partial charge in [-0.3, -0.25) is 4.79 Å². The van der Waals surface area contributed by atoms with Gasteiger partial charge < -0.3 is 9.36 Å². The zero-order valence-corrected chi connectivity index (χ0v) is 8.30. The summed E-state index contributed by atoms with van der Waals surface area (Å²) in [6.45, 7) is 0. The minimum atomic E-state index is -0.247. The Morgan fingerprint density at radius 1 is 1.47 bits per heavy atom. The minimum Gasteiger partial charge on any atom is -0.325 e. The molecule has 0 bridgehead atoms. The van der Waals surface area contributed by atoms with E-state index >= 15 is 0 Å². The minimum absolute atomic E-state index is 0.114. The van der Waals surface area contributed by atoms with Crippen molar-refractivity contribution in [3.8, 4) is 0 Å². The number of fused-ring (bicyclic) bond motifs is 1. The van der Waals surface area contributed by atoms with Crippen LogP contribution in [0.15, 0.2) is 24.3 Å². The number of benzene rings is 1. The van der Waals surface area contributed by atoms with Crippen LogP contribution in [0.3, 0.4) is 0 Å². The van der Waals surface area contributed by atoms with Crippen molar-refractivity contribution >= 4 is 23.1 Å². The third-order valence-corrected chi connectivity index (χ3v) is 2.31. The second-order valence-corrected chi connectivity index (χ2v) is 3.28. The van der Waals surface area contributed by atoms with E-state index in [1.54, 1.807) is 11.6 Å². The Morgan fingerprint density at radius 3 is 2.87 bits per heavy atom. The summed E-state index contributed by atoms with van der Waals surface area (Å²) in [6.07, 6.45) is 0.485. The van der Waals surface area contributed by atoms with Crippen molar-refractivity contribution in [3.05, 3.63) is 30.1 Å². The van der Waals surface area contributed by atoms with Gasteiger partial charge in [-0.05, 0) is 12.1 Å². The zero-order valence-electron chi connectivity index (χ0n) is 8.30. The number of carbonyl (C=O) groups is 2. The molecule has 0 unspecified atom stereocenters. The first-order valence-electron chi connectivity index (χ1n) is 4.62. The maximum absolute atomic E-state index is 11.5. The molecule has 4 heteroatoms. The molecule has 76 valence electrons. The molecule has 0 saturated carbocycles. The van der Waals surface area contributed by atoms with Crippen LogP contribution < -0.4 is 0 Å². The number of carbonyl (C=O) groups excluding carboxylic acids is 2. The fourth-order valence-corrected chi connectivity index (χ4v) is 1.56. The average molecular weight is 202 g/mol. The van der Waals surface area contributed by atoms with Gasteiger partial charge in [-0.15, -0.1) is 0 Å². The van der Waals surface area contributed by atoms with E-state index in [0.717, 1.165) is 11.0 Å². The summed E-state index contributed by atoms with van der Waals surface area (Å²) in [4.78, 5) is 26.0.